The molecule has 3 aromatic rings. The van der Waals surface area contributed by atoms with Crippen LogP contribution in [0, 0.1) is 5.92 Å². The van der Waals surface area contributed by atoms with E-state index < -0.39 is 6.36 Å². The molecule has 3 N–H and O–H groups in total. The van der Waals surface area contributed by atoms with Gasteiger partial charge in [0, 0.05) is 16.7 Å². The Labute approximate surface area is 199 Å². The lowest BCUT2D eigenvalue weighted by Gasteiger charge is -2.21. The summed E-state index contributed by atoms with van der Waals surface area (Å²) in [4.78, 5) is 8.90. The Morgan fingerprint density at radius 3 is 2.50 bits per heavy atom. The molecule has 11 heteroatoms. The summed E-state index contributed by atoms with van der Waals surface area (Å²) in [6, 6.07) is 11.7. The second-order valence-corrected chi connectivity index (χ2v) is 8.12. The first kappa shape index (κ1) is 25.4. The zero-order valence-corrected chi connectivity index (χ0v) is 19.4. The fourth-order valence-corrected chi connectivity index (χ4v) is 3.25. The number of aromatic nitrogens is 2. The molecule has 0 amide bonds. The van der Waals surface area contributed by atoms with Crippen LogP contribution in [0.25, 0.3) is 11.3 Å². The molecule has 0 radical (unpaired) electrons. The first-order valence-electron chi connectivity index (χ1n) is 10.3. The lowest BCUT2D eigenvalue weighted by atomic mass is 10.1. The van der Waals surface area contributed by atoms with Crippen molar-refractivity contribution in [1.29, 1.82) is 0 Å². The molecule has 0 fully saturated rings. The normalized spacial score (nSPS) is 12.4. The van der Waals surface area contributed by atoms with E-state index in [2.05, 4.69) is 25.3 Å². The van der Waals surface area contributed by atoms with E-state index in [0.29, 0.717) is 33.5 Å². The number of nitrogens with one attached hydrogen (secondary N) is 2. The second kappa shape index (κ2) is 10.8. The third kappa shape index (κ3) is 6.88. The number of benzene rings is 2. The summed E-state index contributed by atoms with van der Waals surface area (Å²) in [5.74, 6) is 0.700. The predicted octanol–water partition coefficient (Wildman–Crippen LogP) is 5.88. The van der Waals surface area contributed by atoms with Crippen molar-refractivity contribution in [1.82, 2.24) is 9.97 Å². The smallest absolute Gasteiger partial charge is 0.495 e. The number of hydrogen-bond donors (Lipinski definition) is 3. The van der Waals surface area contributed by atoms with Gasteiger partial charge in [-0.15, -0.1) is 13.2 Å². The lowest BCUT2D eigenvalue weighted by molar-refractivity contribution is -0.274. The number of aliphatic hydroxyl groups is 1. The van der Waals surface area contributed by atoms with Crippen molar-refractivity contribution >= 4 is 29.1 Å². The molecular formula is C23H24ClF3N4O3. The molecule has 0 aliphatic heterocycles. The molecule has 1 atom stereocenters. The average Bonchev–Trinajstić information content (AvgIpc) is 2.76. The summed E-state index contributed by atoms with van der Waals surface area (Å²) < 4.78 is 47.5. The molecule has 2 aromatic carbocycles. The monoisotopic (exact) mass is 496 g/mol. The molecule has 7 nitrogen and oxygen atoms in total. The van der Waals surface area contributed by atoms with Gasteiger partial charge in [0.15, 0.2) is 0 Å². The SMILES string of the molecule is COc1ccc(Cl)cc1Nc1cc(-c2cccc(OC(F)(F)F)c2)nc(N[C@H](CO)C(C)C)n1. The summed E-state index contributed by atoms with van der Waals surface area (Å²) in [6.07, 6.45) is -4.82. The third-order valence-electron chi connectivity index (χ3n) is 4.83. The molecule has 34 heavy (non-hydrogen) atoms. The summed E-state index contributed by atoms with van der Waals surface area (Å²) in [5.41, 5.74) is 1.23. The quantitative estimate of drug-likeness (QED) is 0.341. The highest BCUT2D eigenvalue weighted by molar-refractivity contribution is 6.31. The van der Waals surface area contributed by atoms with Crippen LogP contribution in [0.4, 0.5) is 30.6 Å². The first-order chi connectivity index (χ1) is 16.1. The Balaban J connectivity index is 2.05. The van der Waals surface area contributed by atoms with Crippen molar-refractivity contribution in [3.8, 4) is 22.8 Å². The summed E-state index contributed by atoms with van der Waals surface area (Å²) in [6.45, 7) is 3.68. The van der Waals surface area contributed by atoms with E-state index in [4.69, 9.17) is 16.3 Å². The van der Waals surface area contributed by atoms with Crippen LogP contribution in [-0.4, -0.2) is 41.2 Å². The number of ether oxygens (including phenoxy) is 2. The number of alkyl halides is 3. The molecule has 0 unspecified atom stereocenters. The Morgan fingerprint density at radius 1 is 1.09 bits per heavy atom. The maximum Gasteiger partial charge on any atom is 0.573 e. The average molecular weight is 497 g/mol. The van der Waals surface area contributed by atoms with Gasteiger partial charge in [0.2, 0.25) is 5.95 Å². The summed E-state index contributed by atoms with van der Waals surface area (Å²) in [5, 5.41) is 16.4. The Morgan fingerprint density at radius 2 is 1.85 bits per heavy atom. The number of anilines is 3. The minimum absolute atomic E-state index is 0.0604. The summed E-state index contributed by atoms with van der Waals surface area (Å²) in [7, 11) is 1.51. The third-order valence-corrected chi connectivity index (χ3v) is 5.06. The molecule has 182 valence electrons. The fourth-order valence-electron chi connectivity index (χ4n) is 3.08. The van der Waals surface area contributed by atoms with Crippen LogP contribution in [0.1, 0.15) is 13.8 Å². The molecular weight excluding hydrogens is 473 g/mol. The van der Waals surface area contributed by atoms with E-state index in [0.717, 1.165) is 0 Å². The van der Waals surface area contributed by atoms with Gasteiger partial charge in [-0.05, 0) is 36.2 Å². The van der Waals surface area contributed by atoms with E-state index >= 15 is 0 Å². The van der Waals surface area contributed by atoms with Gasteiger partial charge in [-0.1, -0.05) is 37.6 Å². The van der Waals surface area contributed by atoms with Crippen molar-refractivity contribution in [3.63, 3.8) is 0 Å². The van der Waals surface area contributed by atoms with Crippen molar-refractivity contribution in [2.75, 3.05) is 24.4 Å². The van der Waals surface area contributed by atoms with Crippen LogP contribution < -0.4 is 20.1 Å². The maximum atomic E-state index is 12.7. The number of halogens is 4. The van der Waals surface area contributed by atoms with E-state index in [9.17, 15) is 18.3 Å². The molecule has 0 spiro atoms. The lowest BCUT2D eigenvalue weighted by Crippen LogP contribution is -2.30. The Bertz CT molecular complexity index is 1130. The number of rotatable bonds is 9. The van der Waals surface area contributed by atoms with Gasteiger partial charge in [-0.3, -0.25) is 0 Å². The van der Waals surface area contributed by atoms with Crippen LogP contribution in [0.15, 0.2) is 48.5 Å². The minimum Gasteiger partial charge on any atom is -0.495 e. The van der Waals surface area contributed by atoms with E-state index in [1.807, 2.05) is 13.8 Å². The van der Waals surface area contributed by atoms with Gasteiger partial charge in [0.1, 0.15) is 17.3 Å². The van der Waals surface area contributed by atoms with Gasteiger partial charge in [0.05, 0.1) is 31.1 Å². The van der Waals surface area contributed by atoms with Crippen LogP contribution in [0.2, 0.25) is 5.02 Å². The molecule has 3 rings (SSSR count). The van der Waals surface area contributed by atoms with Gasteiger partial charge < -0.3 is 25.2 Å². The van der Waals surface area contributed by atoms with Gasteiger partial charge >= 0.3 is 6.36 Å². The van der Waals surface area contributed by atoms with Crippen LogP contribution in [-0.2, 0) is 0 Å². The highest BCUT2D eigenvalue weighted by atomic mass is 35.5. The minimum atomic E-state index is -4.82. The zero-order chi connectivity index (χ0) is 24.9. The Hall–Kier alpha value is -3.24. The van der Waals surface area contributed by atoms with E-state index in [1.54, 1.807) is 30.3 Å². The number of aliphatic hydroxyl groups excluding tert-OH is 1. The standard InChI is InChI=1S/C23H24ClF3N4O3/c1-13(2)19(12-32)30-22-29-17(14-5-4-6-16(9-14)34-23(25,26)27)11-21(31-22)28-18-10-15(24)7-8-20(18)33-3/h4-11,13,19,32H,12H2,1-3H3,(H2,28,29,30,31)/t19-/m1/s1. The molecule has 0 aliphatic rings. The molecule has 1 heterocycles. The highest BCUT2D eigenvalue weighted by Crippen LogP contribution is 2.33. The molecule has 0 bridgehead atoms. The Kier molecular flexibility index (Phi) is 8.06. The van der Waals surface area contributed by atoms with Gasteiger partial charge in [-0.25, -0.2) is 4.98 Å². The molecule has 1 aromatic heterocycles. The molecule has 0 aliphatic carbocycles. The van der Waals surface area contributed by atoms with Crippen molar-refractivity contribution in [3.05, 3.63) is 53.6 Å². The van der Waals surface area contributed by atoms with Crippen molar-refractivity contribution < 1.29 is 27.8 Å². The first-order valence-corrected chi connectivity index (χ1v) is 10.7. The van der Waals surface area contributed by atoms with E-state index in [1.165, 1.54) is 25.3 Å². The van der Waals surface area contributed by atoms with Gasteiger partial charge in [-0.2, -0.15) is 4.98 Å². The van der Waals surface area contributed by atoms with Crippen LogP contribution >= 0.6 is 11.6 Å². The van der Waals surface area contributed by atoms with E-state index in [-0.39, 0.29) is 30.3 Å². The maximum absolute atomic E-state index is 12.7. The largest absolute Gasteiger partial charge is 0.573 e. The molecule has 0 saturated heterocycles. The molecule has 0 saturated carbocycles. The highest BCUT2D eigenvalue weighted by Gasteiger charge is 2.31. The van der Waals surface area contributed by atoms with Crippen molar-refractivity contribution in [2.45, 2.75) is 26.3 Å². The van der Waals surface area contributed by atoms with Gasteiger partial charge in [0.25, 0.3) is 0 Å². The predicted molar refractivity (Wildman–Crippen MR) is 125 cm³/mol. The fraction of sp³-hybridized carbons (Fsp3) is 0.304. The second-order valence-electron chi connectivity index (χ2n) is 7.68. The number of nitrogens with zero attached hydrogens (tertiary/aromatic N) is 2. The number of methoxy groups -OCH3 is 1. The van der Waals surface area contributed by atoms with Crippen molar-refractivity contribution in [2.24, 2.45) is 5.92 Å². The topological polar surface area (TPSA) is 88.5 Å². The van der Waals surface area contributed by atoms with Crippen LogP contribution in [0.5, 0.6) is 11.5 Å². The van der Waals surface area contributed by atoms with Crippen LogP contribution in [0.3, 0.4) is 0 Å². The zero-order valence-electron chi connectivity index (χ0n) is 18.7. The number of hydrogen-bond acceptors (Lipinski definition) is 7. The summed E-state index contributed by atoms with van der Waals surface area (Å²) >= 11 is 6.12.